The van der Waals surface area contributed by atoms with Gasteiger partial charge in [-0.2, -0.15) is 4.57 Å². The number of fused-ring (bicyclic) bond motifs is 1. The summed E-state index contributed by atoms with van der Waals surface area (Å²) in [6, 6.07) is 13.1. The van der Waals surface area contributed by atoms with Crippen molar-refractivity contribution in [3.8, 4) is 0 Å². The van der Waals surface area contributed by atoms with Gasteiger partial charge in [-0.05, 0) is 45.0 Å². The van der Waals surface area contributed by atoms with E-state index in [4.69, 9.17) is 0 Å². The fraction of sp³-hybridized carbons (Fsp3) is 0.316. The summed E-state index contributed by atoms with van der Waals surface area (Å²) in [6.45, 7) is 9.75. The van der Waals surface area contributed by atoms with Gasteiger partial charge >= 0.3 is 0 Å². The molecule has 0 N–H and O–H groups in total. The van der Waals surface area contributed by atoms with Crippen molar-refractivity contribution in [3.05, 3.63) is 46.3 Å². The van der Waals surface area contributed by atoms with Crippen LogP contribution in [0, 0.1) is 0 Å². The first-order valence-corrected chi connectivity index (χ1v) is 9.84. The lowest BCUT2D eigenvalue weighted by molar-refractivity contribution is -0.665. The molecule has 5 heteroatoms. The Kier molecular flexibility index (Phi) is 7.25. The zero-order chi connectivity index (χ0) is 16.2. The van der Waals surface area contributed by atoms with E-state index in [1.54, 1.807) is 0 Å². The van der Waals surface area contributed by atoms with Gasteiger partial charge in [-0.25, -0.2) is 0 Å². The Hall–Kier alpha value is -0.920. The fourth-order valence-electron chi connectivity index (χ4n) is 2.79. The van der Waals surface area contributed by atoms with Gasteiger partial charge in [0, 0.05) is 30.1 Å². The number of hydrogen-bond donors (Lipinski definition) is 0. The average Bonchev–Trinajstić information content (AvgIpc) is 3.18. The monoisotopic (exact) mass is 470 g/mol. The predicted molar refractivity (Wildman–Crippen MR) is 105 cm³/mol. The first-order chi connectivity index (χ1) is 11.3. The maximum absolute atomic E-state index is 2.40. The van der Waals surface area contributed by atoms with Crippen molar-refractivity contribution in [3.63, 3.8) is 0 Å². The normalized spacial score (nSPS) is 11.1. The Balaban J connectivity index is 0.00000208. The SMILES string of the molecule is CCN(CC)c1ccc(C=Cc2sc3ccccc3[n+]2CC)s1.[I-]. The fourth-order valence-corrected chi connectivity index (χ4v) is 4.96. The Morgan fingerprint density at radius 3 is 2.42 bits per heavy atom. The molecule has 0 spiro atoms. The molecule has 0 aliphatic heterocycles. The summed E-state index contributed by atoms with van der Waals surface area (Å²) in [5.41, 5.74) is 1.33. The largest absolute Gasteiger partial charge is 1.00 e. The zero-order valence-corrected chi connectivity index (χ0v) is 18.1. The molecule has 2 heterocycles. The van der Waals surface area contributed by atoms with Crippen LogP contribution >= 0.6 is 22.7 Å². The lowest BCUT2D eigenvalue weighted by Gasteiger charge is -2.17. The van der Waals surface area contributed by atoms with Crippen LogP contribution < -0.4 is 33.4 Å². The number of hydrogen-bond acceptors (Lipinski definition) is 3. The van der Waals surface area contributed by atoms with E-state index in [-0.39, 0.29) is 24.0 Å². The molecule has 0 saturated carbocycles. The van der Waals surface area contributed by atoms with Crippen LogP contribution in [0.4, 0.5) is 5.00 Å². The molecule has 0 bridgehead atoms. The Morgan fingerprint density at radius 1 is 0.958 bits per heavy atom. The topological polar surface area (TPSA) is 7.12 Å². The number of benzene rings is 1. The van der Waals surface area contributed by atoms with E-state index >= 15 is 0 Å². The third-order valence-corrected chi connectivity index (χ3v) is 6.27. The van der Waals surface area contributed by atoms with Crippen LogP contribution in [0.1, 0.15) is 30.7 Å². The van der Waals surface area contributed by atoms with Gasteiger partial charge in [0.25, 0.3) is 5.01 Å². The highest BCUT2D eigenvalue weighted by atomic mass is 127. The van der Waals surface area contributed by atoms with Crippen molar-refractivity contribution in [2.24, 2.45) is 0 Å². The minimum absolute atomic E-state index is 0. The number of nitrogens with zero attached hydrogens (tertiary/aromatic N) is 2. The van der Waals surface area contributed by atoms with Gasteiger partial charge in [-0.3, -0.25) is 0 Å². The first kappa shape index (κ1) is 19.4. The van der Waals surface area contributed by atoms with Gasteiger partial charge in [0.2, 0.25) is 5.52 Å². The number of aromatic nitrogens is 1. The molecule has 0 unspecified atom stereocenters. The predicted octanol–water partition coefficient (Wildman–Crippen LogP) is 2.29. The summed E-state index contributed by atoms with van der Waals surface area (Å²) in [5, 5.41) is 2.67. The van der Waals surface area contributed by atoms with E-state index < -0.39 is 0 Å². The third-order valence-electron chi connectivity index (χ3n) is 4.03. The zero-order valence-electron chi connectivity index (χ0n) is 14.3. The lowest BCUT2D eigenvalue weighted by Crippen LogP contribution is -3.00. The molecule has 128 valence electrons. The summed E-state index contributed by atoms with van der Waals surface area (Å²) in [6.07, 6.45) is 4.50. The van der Waals surface area contributed by atoms with Crippen molar-refractivity contribution in [1.82, 2.24) is 0 Å². The van der Waals surface area contributed by atoms with E-state index in [0.29, 0.717) is 0 Å². The number of thiazole rings is 1. The molecule has 3 rings (SSSR count). The standard InChI is InChI=1S/C19H23N2S2.HI/c1-4-20(5-2)18-13-11-15(22-18)12-14-19-21(6-3)16-9-7-8-10-17(16)23-19;/h7-14H,4-6H2,1-3H3;1H/q+1;/p-1. The Morgan fingerprint density at radius 2 is 1.71 bits per heavy atom. The highest BCUT2D eigenvalue weighted by Gasteiger charge is 2.16. The number of para-hydroxylation sites is 1. The first-order valence-electron chi connectivity index (χ1n) is 8.21. The molecule has 1 aromatic carbocycles. The van der Waals surface area contributed by atoms with Gasteiger partial charge < -0.3 is 28.9 Å². The molecular formula is C19H23IN2S2. The van der Waals surface area contributed by atoms with E-state index in [1.165, 1.54) is 25.1 Å². The van der Waals surface area contributed by atoms with Crippen molar-refractivity contribution < 1.29 is 28.5 Å². The van der Waals surface area contributed by atoms with E-state index in [2.05, 4.69) is 78.8 Å². The molecule has 0 radical (unpaired) electrons. The molecule has 0 aliphatic carbocycles. The Labute approximate surface area is 169 Å². The summed E-state index contributed by atoms with van der Waals surface area (Å²) >= 11 is 3.72. The van der Waals surface area contributed by atoms with Crippen LogP contribution in [0.5, 0.6) is 0 Å². The highest BCUT2D eigenvalue weighted by Crippen LogP contribution is 2.28. The Bertz CT molecular complexity index is 816. The number of anilines is 1. The molecule has 0 fully saturated rings. The van der Waals surface area contributed by atoms with Crippen molar-refractivity contribution in [2.45, 2.75) is 27.3 Å². The number of thiophene rings is 1. The van der Waals surface area contributed by atoms with Gasteiger partial charge in [-0.1, -0.05) is 23.5 Å². The van der Waals surface area contributed by atoms with E-state index in [0.717, 1.165) is 19.6 Å². The average molecular weight is 470 g/mol. The molecule has 0 atom stereocenters. The van der Waals surface area contributed by atoms with Crippen LogP contribution in [-0.2, 0) is 6.54 Å². The second kappa shape index (κ2) is 8.97. The smallest absolute Gasteiger partial charge is 0.262 e. The minimum atomic E-state index is 0. The third kappa shape index (κ3) is 4.00. The highest BCUT2D eigenvalue weighted by molar-refractivity contribution is 7.19. The van der Waals surface area contributed by atoms with Crippen LogP contribution in [-0.4, -0.2) is 13.1 Å². The van der Waals surface area contributed by atoms with Gasteiger partial charge in [0.1, 0.15) is 11.2 Å². The number of aryl methyl sites for hydroxylation is 1. The van der Waals surface area contributed by atoms with E-state index in [9.17, 15) is 0 Å². The second-order valence-electron chi connectivity index (χ2n) is 5.33. The van der Waals surface area contributed by atoms with E-state index in [1.807, 2.05) is 22.7 Å². The molecule has 24 heavy (non-hydrogen) atoms. The van der Waals surface area contributed by atoms with Crippen LogP contribution in [0.3, 0.4) is 0 Å². The van der Waals surface area contributed by atoms with Gasteiger partial charge in [0.05, 0.1) is 5.00 Å². The molecule has 0 amide bonds. The van der Waals surface area contributed by atoms with Crippen LogP contribution in [0.25, 0.3) is 22.4 Å². The molecular weight excluding hydrogens is 447 g/mol. The molecule has 0 saturated heterocycles. The molecule has 2 aromatic heterocycles. The van der Waals surface area contributed by atoms with Gasteiger partial charge in [0.15, 0.2) is 0 Å². The number of rotatable bonds is 6. The molecule has 0 aliphatic rings. The van der Waals surface area contributed by atoms with Gasteiger partial charge in [-0.15, -0.1) is 11.3 Å². The maximum Gasteiger partial charge on any atom is 0.262 e. The second-order valence-corrected chi connectivity index (χ2v) is 7.49. The van der Waals surface area contributed by atoms with Crippen LogP contribution in [0.15, 0.2) is 36.4 Å². The quantitative estimate of drug-likeness (QED) is 0.396. The summed E-state index contributed by atoms with van der Waals surface area (Å²) in [7, 11) is 0. The van der Waals surface area contributed by atoms with Crippen molar-refractivity contribution in [1.29, 1.82) is 0 Å². The summed E-state index contributed by atoms with van der Waals surface area (Å²) in [5.74, 6) is 0. The summed E-state index contributed by atoms with van der Waals surface area (Å²) in [4.78, 5) is 3.71. The maximum atomic E-state index is 2.40. The molecule has 2 nitrogen and oxygen atoms in total. The lowest BCUT2D eigenvalue weighted by atomic mass is 10.3. The van der Waals surface area contributed by atoms with Crippen molar-refractivity contribution >= 4 is 50.0 Å². The summed E-state index contributed by atoms with van der Waals surface area (Å²) < 4.78 is 3.74. The van der Waals surface area contributed by atoms with Crippen molar-refractivity contribution in [2.75, 3.05) is 18.0 Å². The minimum Gasteiger partial charge on any atom is -1.00 e. The van der Waals surface area contributed by atoms with Crippen LogP contribution in [0.2, 0.25) is 0 Å². The molecule has 3 aromatic rings. The number of halogens is 1.